The van der Waals surface area contributed by atoms with Crippen molar-refractivity contribution in [2.45, 2.75) is 44.8 Å². The number of rotatable bonds is 7. The van der Waals surface area contributed by atoms with E-state index in [0.717, 1.165) is 18.4 Å². The largest absolute Gasteiger partial charge is 0.493 e. The standard InChI is InChI=1S/C17H26N2O4/c1-3-22-17(20)19-14(11-18)12-8-9-15(21-2)16(10-12)23-13-6-4-5-7-13/h8-10,13-14H,3-7,11,18H2,1-2H3,(H,19,20). The van der Waals surface area contributed by atoms with Gasteiger partial charge in [-0.25, -0.2) is 4.79 Å². The van der Waals surface area contributed by atoms with E-state index in [1.807, 2.05) is 18.2 Å². The molecule has 0 bridgehead atoms. The number of hydrogen-bond acceptors (Lipinski definition) is 5. The molecule has 128 valence electrons. The second kappa shape index (κ2) is 8.62. The Morgan fingerprint density at radius 3 is 2.70 bits per heavy atom. The Morgan fingerprint density at radius 2 is 2.09 bits per heavy atom. The highest BCUT2D eigenvalue weighted by molar-refractivity contribution is 5.68. The van der Waals surface area contributed by atoms with Gasteiger partial charge in [0, 0.05) is 6.54 Å². The van der Waals surface area contributed by atoms with Crippen molar-refractivity contribution in [3.63, 3.8) is 0 Å². The minimum absolute atomic E-state index is 0.230. The average Bonchev–Trinajstić information content (AvgIpc) is 3.06. The van der Waals surface area contributed by atoms with Gasteiger partial charge < -0.3 is 25.3 Å². The third-order valence-electron chi connectivity index (χ3n) is 3.99. The van der Waals surface area contributed by atoms with Crippen LogP contribution in [0.2, 0.25) is 0 Å². The van der Waals surface area contributed by atoms with Crippen LogP contribution in [0.4, 0.5) is 4.79 Å². The van der Waals surface area contributed by atoms with E-state index < -0.39 is 6.09 Å². The van der Waals surface area contributed by atoms with Gasteiger partial charge in [-0.05, 0) is 50.3 Å². The zero-order valence-corrected chi connectivity index (χ0v) is 13.8. The Bertz CT molecular complexity index is 515. The third-order valence-corrected chi connectivity index (χ3v) is 3.99. The lowest BCUT2D eigenvalue weighted by molar-refractivity contribution is 0.148. The van der Waals surface area contributed by atoms with Gasteiger partial charge in [-0.15, -0.1) is 0 Å². The summed E-state index contributed by atoms with van der Waals surface area (Å²) in [5.41, 5.74) is 6.66. The van der Waals surface area contributed by atoms with Crippen molar-refractivity contribution in [2.75, 3.05) is 20.3 Å². The molecule has 2 rings (SSSR count). The van der Waals surface area contributed by atoms with Crippen LogP contribution in [0.1, 0.15) is 44.2 Å². The molecular weight excluding hydrogens is 296 g/mol. The number of carbonyl (C=O) groups excluding carboxylic acids is 1. The highest BCUT2D eigenvalue weighted by Gasteiger charge is 2.20. The number of alkyl carbamates (subject to hydrolysis) is 1. The summed E-state index contributed by atoms with van der Waals surface area (Å²) in [6.45, 7) is 2.35. The molecule has 1 aliphatic carbocycles. The monoisotopic (exact) mass is 322 g/mol. The predicted molar refractivity (Wildman–Crippen MR) is 87.8 cm³/mol. The Morgan fingerprint density at radius 1 is 1.35 bits per heavy atom. The first kappa shape index (κ1) is 17.4. The maximum absolute atomic E-state index is 11.6. The summed E-state index contributed by atoms with van der Waals surface area (Å²) in [5, 5.41) is 2.76. The van der Waals surface area contributed by atoms with Gasteiger partial charge in [0.25, 0.3) is 0 Å². The molecule has 23 heavy (non-hydrogen) atoms. The molecule has 0 radical (unpaired) electrons. The first-order valence-electron chi connectivity index (χ1n) is 8.15. The van der Waals surface area contributed by atoms with Gasteiger partial charge in [0.05, 0.1) is 25.9 Å². The zero-order valence-electron chi connectivity index (χ0n) is 13.8. The summed E-state index contributed by atoms with van der Waals surface area (Å²) < 4.78 is 16.4. The summed E-state index contributed by atoms with van der Waals surface area (Å²) in [4.78, 5) is 11.6. The summed E-state index contributed by atoms with van der Waals surface area (Å²) >= 11 is 0. The van der Waals surface area contributed by atoms with E-state index in [1.165, 1.54) is 12.8 Å². The molecule has 0 heterocycles. The molecule has 1 atom stereocenters. The van der Waals surface area contributed by atoms with Crippen molar-refractivity contribution >= 4 is 6.09 Å². The van der Waals surface area contributed by atoms with Crippen molar-refractivity contribution in [3.05, 3.63) is 23.8 Å². The van der Waals surface area contributed by atoms with Gasteiger partial charge in [0.2, 0.25) is 0 Å². The van der Waals surface area contributed by atoms with Crippen LogP contribution in [-0.4, -0.2) is 32.5 Å². The fraction of sp³-hybridized carbons (Fsp3) is 0.588. The smallest absolute Gasteiger partial charge is 0.407 e. The molecule has 1 aromatic rings. The molecule has 6 heteroatoms. The molecule has 6 nitrogen and oxygen atoms in total. The number of amides is 1. The van der Waals surface area contributed by atoms with Crippen molar-refractivity contribution in [1.29, 1.82) is 0 Å². The van der Waals surface area contributed by atoms with Gasteiger partial charge in [0.15, 0.2) is 11.5 Å². The lowest BCUT2D eigenvalue weighted by Gasteiger charge is -2.20. The van der Waals surface area contributed by atoms with Gasteiger partial charge in [0.1, 0.15) is 0 Å². The number of nitrogens with one attached hydrogen (secondary N) is 1. The topological polar surface area (TPSA) is 82.8 Å². The molecule has 1 fully saturated rings. The zero-order chi connectivity index (χ0) is 16.7. The van der Waals surface area contributed by atoms with Crippen LogP contribution < -0.4 is 20.5 Å². The molecule has 1 amide bonds. The van der Waals surface area contributed by atoms with Crippen LogP contribution in [0.15, 0.2) is 18.2 Å². The highest BCUT2D eigenvalue weighted by atomic mass is 16.5. The van der Waals surface area contributed by atoms with Gasteiger partial charge in [-0.2, -0.15) is 0 Å². The molecule has 1 aromatic carbocycles. The number of ether oxygens (including phenoxy) is 3. The fourth-order valence-electron chi connectivity index (χ4n) is 2.78. The van der Waals surface area contributed by atoms with Crippen LogP contribution in [0, 0.1) is 0 Å². The first-order chi connectivity index (χ1) is 11.2. The molecule has 3 N–H and O–H groups in total. The van der Waals surface area contributed by atoms with Crippen molar-refractivity contribution in [3.8, 4) is 11.5 Å². The molecule has 1 saturated carbocycles. The summed E-state index contributed by atoms with van der Waals surface area (Å²) in [7, 11) is 1.62. The Labute approximate surface area is 137 Å². The van der Waals surface area contributed by atoms with E-state index in [4.69, 9.17) is 19.9 Å². The molecule has 1 unspecified atom stereocenters. The quantitative estimate of drug-likeness (QED) is 0.806. The molecule has 0 aliphatic heterocycles. The van der Waals surface area contributed by atoms with E-state index in [-0.39, 0.29) is 18.7 Å². The maximum Gasteiger partial charge on any atom is 0.407 e. The number of hydrogen-bond donors (Lipinski definition) is 2. The first-order valence-corrected chi connectivity index (χ1v) is 8.15. The summed E-state index contributed by atoms with van der Waals surface area (Å²) in [6.07, 6.45) is 4.28. The predicted octanol–water partition coefficient (Wildman–Crippen LogP) is 2.76. The molecule has 0 saturated heterocycles. The summed E-state index contributed by atoms with van der Waals surface area (Å²) in [5.74, 6) is 1.38. The lowest BCUT2D eigenvalue weighted by atomic mass is 10.1. The second-order valence-corrected chi connectivity index (χ2v) is 5.59. The SMILES string of the molecule is CCOC(=O)NC(CN)c1ccc(OC)c(OC2CCCC2)c1. The maximum atomic E-state index is 11.6. The van der Waals surface area contributed by atoms with E-state index in [1.54, 1.807) is 14.0 Å². The van der Waals surface area contributed by atoms with E-state index in [9.17, 15) is 4.79 Å². The number of benzene rings is 1. The van der Waals surface area contributed by atoms with E-state index in [0.29, 0.717) is 18.1 Å². The lowest BCUT2D eigenvalue weighted by Crippen LogP contribution is -2.33. The molecule has 1 aliphatic rings. The van der Waals surface area contributed by atoms with Crippen LogP contribution >= 0.6 is 0 Å². The number of methoxy groups -OCH3 is 1. The van der Waals surface area contributed by atoms with Crippen molar-refractivity contribution < 1.29 is 19.0 Å². The minimum atomic E-state index is -0.475. The van der Waals surface area contributed by atoms with Crippen molar-refractivity contribution in [2.24, 2.45) is 5.73 Å². The Hall–Kier alpha value is -1.95. The molecule has 0 aromatic heterocycles. The van der Waals surface area contributed by atoms with E-state index >= 15 is 0 Å². The van der Waals surface area contributed by atoms with Crippen LogP contribution in [0.3, 0.4) is 0 Å². The van der Waals surface area contributed by atoms with Gasteiger partial charge in [-0.1, -0.05) is 6.07 Å². The van der Waals surface area contributed by atoms with E-state index in [2.05, 4.69) is 5.32 Å². The number of carbonyl (C=O) groups is 1. The van der Waals surface area contributed by atoms with Gasteiger partial charge in [-0.3, -0.25) is 0 Å². The average molecular weight is 322 g/mol. The third kappa shape index (κ3) is 4.76. The molecule has 0 spiro atoms. The number of nitrogens with two attached hydrogens (primary N) is 1. The normalized spacial score (nSPS) is 16.0. The van der Waals surface area contributed by atoms with Crippen LogP contribution in [0.25, 0.3) is 0 Å². The van der Waals surface area contributed by atoms with Crippen molar-refractivity contribution in [1.82, 2.24) is 5.32 Å². The summed E-state index contributed by atoms with van der Waals surface area (Å²) in [6, 6.07) is 5.28. The fourth-order valence-corrected chi connectivity index (χ4v) is 2.78. The van der Waals surface area contributed by atoms with Crippen LogP contribution in [-0.2, 0) is 4.74 Å². The Balaban J connectivity index is 2.15. The second-order valence-electron chi connectivity index (χ2n) is 5.59. The minimum Gasteiger partial charge on any atom is -0.493 e. The Kier molecular flexibility index (Phi) is 6.52. The molecular formula is C17H26N2O4. The van der Waals surface area contributed by atoms with Crippen LogP contribution in [0.5, 0.6) is 11.5 Å². The van der Waals surface area contributed by atoms with Gasteiger partial charge >= 0.3 is 6.09 Å². The highest BCUT2D eigenvalue weighted by Crippen LogP contribution is 2.33.